The number of aliphatic hydroxyl groups is 1. The number of rotatable bonds is 10. The molecule has 0 saturated heterocycles. The van der Waals surface area contributed by atoms with Gasteiger partial charge in [0.1, 0.15) is 0 Å². The Labute approximate surface area is 104 Å². The zero-order valence-corrected chi connectivity index (χ0v) is 11.3. The topological polar surface area (TPSA) is 56.0 Å². The Morgan fingerprint density at radius 2 is 2.00 bits per heavy atom. The zero-order valence-electron chi connectivity index (χ0n) is 10.5. The van der Waals surface area contributed by atoms with E-state index >= 15 is 0 Å². The maximum Gasteiger partial charge on any atom is 0.0683 e. The van der Waals surface area contributed by atoms with Crippen molar-refractivity contribution < 1.29 is 5.11 Å². The van der Waals surface area contributed by atoms with Gasteiger partial charge in [0.25, 0.3) is 0 Å². The quantitative estimate of drug-likeness (QED) is 0.577. The summed E-state index contributed by atoms with van der Waals surface area (Å²) in [6, 6.07) is 2.31. The summed E-state index contributed by atoms with van der Waals surface area (Å²) >= 11 is 1.87. The molecule has 0 rings (SSSR count). The molecular weight excluding hydrogens is 220 g/mol. The predicted molar refractivity (Wildman–Crippen MR) is 70.5 cm³/mol. The molecule has 0 aliphatic heterocycles. The largest absolute Gasteiger partial charge is 0.396 e. The number of aliphatic hydroxyl groups excluding tert-OH is 1. The third-order valence-electron chi connectivity index (χ3n) is 2.33. The summed E-state index contributed by atoms with van der Waals surface area (Å²) in [6.45, 7) is 6.27. The van der Waals surface area contributed by atoms with E-state index in [1.165, 1.54) is 0 Å². The lowest BCUT2D eigenvalue weighted by molar-refractivity contribution is 0.296. The lowest BCUT2D eigenvalue weighted by Crippen LogP contribution is -2.20. The maximum absolute atomic E-state index is 8.82. The molecule has 0 heterocycles. The van der Waals surface area contributed by atoms with E-state index in [0.717, 1.165) is 43.9 Å². The molecule has 4 heteroatoms. The molecule has 0 aliphatic carbocycles. The Kier molecular flexibility index (Phi) is 9.80. The van der Waals surface area contributed by atoms with Gasteiger partial charge in [0.2, 0.25) is 0 Å². The monoisotopic (exact) mass is 244 g/mol. The second-order valence-electron chi connectivity index (χ2n) is 4.54. The van der Waals surface area contributed by atoms with Gasteiger partial charge >= 0.3 is 0 Å². The first-order valence-electron chi connectivity index (χ1n) is 5.93. The minimum absolute atomic E-state index is 0.183. The Morgan fingerprint density at radius 3 is 2.62 bits per heavy atom. The predicted octanol–water partition coefficient (Wildman–Crippen LogP) is 2.02. The summed E-state index contributed by atoms with van der Waals surface area (Å²) in [5.41, 5.74) is -0.183. The van der Waals surface area contributed by atoms with Crippen molar-refractivity contribution in [3.05, 3.63) is 0 Å². The highest BCUT2D eigenvalue weighted by molar-refractivity contribution is 7.99. The summed E-state index contributed by atoms with van der Waals surface area (Å²) in [5, 5.41) is 20.8. The summed E-state index contributed by atoms with van der Waals surface area (Å²) < 4.78 is 0. The highest BCUT2D eigenvalue weighted by Gasteiger charge is 2.14. The van der Waals surface area contributed by atoms with Crippen molar-refractivity contribution in [2.24, 2.45) is 5.41 Å². The van der Waals surface area contributed by atoms with Crippen molar-refractivity contribution in [2.45, 2.75) is 33.1 Å². The van der Waals surface area contributed by atoms with Crippen molar-refractivity contribution in [1.29, 1.82) is 5.26 Å². The van der Waals surface area contributed by atoms with Crippen molar-refractivity contribution >= 4 is 11.8 Å². The highest BCUT2D eigenvalue weighted by atomic mass is 32.2. The summed E-state index contributed by atoms with van der Waals surface area (Å²) in [5.74, 6) is 2.14. The van der Waals surface area contributed by atoms with Crippen LogP contribution in [0.2, 0.25) is 0 Å². The van der Waals surface area contributed by atoms with Crippen LogP contribution < -0.4 is 5.32 Å². The minimum atomic E-state index is -0.183. The molecule has 0 spiro atoms. The molecule has 0 fully saturated rings. The molecular formula is C12H24N2OS. The first kappa shape index (κ1) is 15.8. The van der Waals surface area contributed by atoms with E-state index < -0.39 is 0 Å². The molecule has 0 aromatic heterocycles. The molecule has 0 aromatic carbocycles. The fraction of sp³-hybridized carbons (Fsp3) is 0.917. The van der Waals surface area contributed by atoms with Crippen molar-refractivity contribution in [2.75, 3.05) is 31.2 Å². The van der Waals surface area contributed by atoms with Crippen LogP contribution in [0.4, 0.5) is 0 Å². The van der Waals surface area contributed by atoms with Gasteiger partial charge in [-0.3, -0.25) is 0 Å². The molecule has 0 aliphatic rings. The second kappa shape index (κ2) is 9.95. The van der Waals surface area contributed by atoms with Gasteiger partial charge < -0.3 is 10.4 Å². The van der Waals surface area contributed by atoms with Crippen LogP contribution in [0.5, 0.6) is 0 Å². The van der Waals surface area contributed by atoms with Gasteiger partial charge in [0.15, 0.2) is 0 Å². The summed E-state index contributed by atoms with van der Waals surface area (Å²) in [6.07, 6.45) is 2.90. The number of nitrogens with zero attached hydrogens (tertiary/aromatic N) is 1. The van der Waals surface area contributed by atoms with Gasteiger partial charge in [-0.1, -0.05) is 0 Å². The molecule has 0 saturated carbocycles. The average Bonchev–Trinajstić information content (AvgIpc) is 2.27. The number of thioether (sulfide) groups is 1. The van der Waals surface area contributed by atoms with Crippen LogP contribution in [0.25, 0.3) is 0 Å². The van der Waals surface area contributed by atoms with E-state index in [4.69, 9.17) is 10.4 Å². The van der Waals surface area contributed by atoms with Crippen LogP contribution in [0.1, 0.15) is 33.1 Å². The Hall–Kier alpha value is -0.240. The highest BCUT2D eigenvalue weighted by Crippen LogP contribution is 2.19. The lowest BCUT2D eigenvalue weighted by Gasteiger charge is -2.14. The van der Waals surface area contributed by atoms with E-state index in [1.807, 2.05) is 25.6 Å². The second-order valence-corrected chi connectivity index (χ2v) is 5.76. The minimum Gasteiger partial charge on any atom is -0.396 e. The van der Waals surface area contributed by atoms with Crippen LogP contribution in [-0.2, 0) is 0 Å². The molecule has 0 amide bonds. The van der Waals surface area contributed by atoms with Crippen molar-refractivity contribution in [3.8, 4) is 6.07 Å². The van der Waals surface area contributed by atoms with Crippen molar-refractivity contribution in [1.82, 2.24) is 5.32 Å². The normalized spacial score (nSPS) is 11.4. The van der Waals surface area contributed by atoms with Gasteiger partial charge in [0, 0.05) is 18.9 Å². The van der Waals surface area contributed by atoms with Gasteiger partial charge in [-0.25, -0.2) is 0 Å². The van der Waals surface area contributed by atoms with Crippen LogP contribution in [0.3, 0.4) is 0 Å². The van der Waals surface area contributed by atoms with E-state index in [0.29, 0.717) is 6.61 Å². The van der Waals surface area contributed by atoms with Gasteiger partial charge in [0.05, 0.1) is 11.5 Å². The fourth-order valence-corrected chi connectivity index (χ4v) is 2.08. The van der Waals surface area contributed by atoms with Crippen LogP contribution >= 0.6 is 11.8 Å². The van der Waals surface area contributed by atoms with E-state index in [-0.39, 0.29) is 5.41 Å². The van der Waals surface area contributed by atoms with E-state index in [2.05, 4.69) is 11.4 Å². The van der Waals surface area contributed by atoms with Gasteiger partial charge in [-0.2, -0.15) is 17.0 Å². The third-order valence-corrected chi connectivity index (χ3v) is 3.40. The van der Waals surface area contributed by atoms with E-state index in [9.17, 15) is 0 Å². The lowest BCUT2D eigenvalue weighted by atomic mass is 9.90. The number of nitrogens with one attached hydrogen (secondary N) is 1. The number of hydrogen-bond acceptors (Lipinski definition) is 4. The summed E-state index contributed by atoms with van der Waals surface area (Å²) in [4.78, 5) is 0. The molecule has 16 heavy (non-hydrogen) atoms. The van der Waals surface area contributed by atoms with Crippen LogP contribution in [0, 0.1) is 16.7 Å². The molecule has 0 unspecified atom stereocenters. The molecule has 0 atom stereocenters. The maximum atomic E-state index is 8.82. The van der Waals surface area contributed by atoms with Crippen LogP contribution in [-0.4, -0.2) is 36.3 Å². The SMILES string of the molecule is CC(C)(C#N)CCCNCCSCCCO. The Morgan fingerprint density at radius 1 is 1.25 bits per heavy atom. The molecule has 2 N–H and O–H groups in total. The van der Waals surface area contributed by atoms with Gasteiger partial charge in [-0.15, -0.1) is 0 Å². The Bertz CT molecular complexity index is 202. The smallest absolute Gasteiger partial charge is 0.0683 e. The zero-order chi connectivity index (χ0) is 12.3. The van der Waals surface area contributed by atoms with Gasteiger partial charge in [-0.05, 0) is 45.4 Å². The fourth-order valence-electron chi connectivity index (χ4n) is 1.25. The average molecular weight is 244 g/mol. The standard InChI is InChI=1S/C12H24N2OS/c1-12(2,11-13)5-3-6-14-7-10-16-9-4-8-15/h14-15H,3-10H2,1-2H3. The first-order chi connectivity index (χ1) is 7.62. The first-order valence-corrected chi connectivity index (χ1v) is 7.08. The molecule has 0 aromatic rings. The summed E-state index contributed by atoms with van der Waals surface area (Å²) in [7, 11) is 0. The molecule has 94 valence electrons. The third kappa shape index (κ3) is 10.3. The molecule has 0 radical (unpaired) electrons. The van der Waals surface area contributed by atoms with E-state index in [1.54, 1.807) is 0 Å². The van der Waals surface area contributed by atoms with Crippen LogP contribution in [0.15, 0.2) is 0 Å². The molecule has 0 bridgehead atoms. The Balaban J connectivity index is 3.14. The number of hydrogen-bond donors (Lipinski definition) is 2. The van der Waals surface area contributed by atoms with Crippen molar-refractivity contribution in [3.63, 3.8) is 0 Å². The molecule has 3 nitrogen and oxygen atoms in total. The number of nitriles is 1.